The lowest BCUT2D eigenvalue weighted by molar-refractivity contribution is -0.137. The first-order valence-corrected chi connectivity index (χ1v) is 6.82. The van der Waals surface area contributed by atoms with Gasteiger partial charge in [-0.05, 0) is 17.2 Å². The number of benzene rings is 1. The van der Waals surface area contributed by atoms with E-state index < -0.39 is 5.97 Å². The molecule has 0 saturated heterocycles. The van der Waals surface area contributed by atoms with Crippen molar-refractivity contribution in [3.05, 3.63) is 66.1 Å². The maximum absolute atomic E-state index is 11.3. The fraction of sp³-hybridized carbons (Fsp3) is 0.176. The van der Waals surface area contributed by atoms with E-state index in [-0.39, 0.29) is 12.3 Å². The number of rotatable bonds is 4. The number of carbonyl (C=O) groups is 1. The third-order valence-electron chi connectivity index (χ3n) is 3.78. The van der Waals surface area contributed by atoms with Crippen LogP contribution < -0.4 is 0 Å². The van der Waals surface area contributed by atoms with E-state index in [0.29, 0.717) is 0 Å². The average Bonchev–Trinajstić information content (AvgIpc) is 2.83. The smallest absolute Gasteiger partial charge is 0.304 e. The number of aromatic nitrogens is 2. The van der Waals surface area contributed by atoms with Crippen molar-refractivity contribution in [3.8, 4) is 0 Å². The second kappa shape index (κ2) is 5.40. The van der Waals surface area contributed by atoms with Gasteiger partial charge in [-0.3, -0.25) is 9.78 Å². The first kappa shape index (κ1) is 13.4. The lowest BCUT2D eigenvalue weighted by Gasteiger charge is -2.14. The van der Waals surface area contributed by atoms with Crippen LogP contribution in [0.4, 0.5) is 0 Å². The van der Waals surface area contributed by atoms with Gasteiger partial charge in [0.2, 0.25) is 0 Å². The fourth-order valence-corrected chi connectivity index (χ4v) is 2.81. The Morgan fingerprint density at radius 2 is 2.05 bits per heavy atom. The third-order valence-corrected chi connectivity index (χ3v) is 3.78. The maximum Gasteiger partial charge on any atom is 0.304 e. The minimum Gasteiger partial charge on any atom is -0.481 e. The molecule has 3 rings (SSSR count). The molecule has 0 spiro atoms. The molecule has 0 aliphatic carbocycles. The predicted molar refractivity (Wildman–Crippen MR) is 81.3 cm³/mol. The van der Waals surface area contributed by atoms with Gasteiger partial charge in [0.1, 0.15) is 0 Å². The molecule has 0 saturated carbocycles. The van der Waals surface area contributed by atoms with Gasteiger partial charge in [-0.25, -0.2) is 0 Å². The minimum atomic E-state index is -0.801. The topological polar surface area (TPSA) is 55.1 Å². The Bertz CT molecular complexity index is 778. The standard InChI is InChI=1S/C17H16N2O2/c1-19-11-15(14-10-18-8-7-16(14)19)13(9-17(20)21)12-5-3-2-4-6-12/h2-8,10-11,13H,9H2,1H3,(H,20,21). The molecule has 1 aromatic carbocycles. The summed E-state index contributed by atoms with van der Waals surface area (Å²) < 4.78 is 2.02. The van der Waals surface area contributed by atoms with Crippen molar-refractivity contribution in [2.45, 2.75) is 12.3 Å². The van der Waals surface area contributed by atoms with Crippen molar-refractivity contribution in [3.63, 3.8) is 0 Å². The summed E-state index contributed by atoms with van der Waals surface area (Å²) in [5.41, 5.74) is 3.08. The molecule has 0 aliphatic rings. The van der Waals surface area contributed by atoms with Crippen LogP contribution in [0.25, 0.3) is 10.9 Å². The van der Waals surface area contributed by atoms with Crippen LogP contribution in [0, 0.1) is 0 Å². The molecule has 4 heteroatoms. The summed E-state index contributed by atoms with van der Waals surface area (Å²) in [6.07, 6.45) is 5.63. The molecule has 2 heterocycles. The zero-order valence-corrected chi connectivity index (χ0v) is 11.7. The molecule has 106 valence electrons. The van der Waals surface area contributed by atoms with E-state index in [1.165, 1.54) is 0 Å². The Balaban J connectivity index is 2.17. The Hall–Kier alpha value is -2.62. The molecule has 1 N–H and O–H groups in total. The highest BCUT2D eigenvalue weighted by molar-refractivity contribution is 5.85. The number of hydrogen-bond donors (Lipinski definition) is 1. The number of hydrogen-bond acceptors (Lipinski definition) is 2. The van der Waals surface area contributed by atoms with Gasteiger partial charge in [-0.15, -0.1) is 0 Å². The normalized spacial score (nSPS) is 12.4. The first-order valence-electron chi connectivity index (χ1n) is 6.82. The number of aryl methyl sites for hydroxylation is 1. The summed E-state index contributed by atoms with van der Waals surface area (Å²) in [6, 6.07) is 11.7. The number of nitrogens with zero attached hydrogens (tertiary/aromatic N) is 2. The Kier molecular flexibility index (Phi) is 3.44. The molecule has 0 aliphatic heterocycles. The second-order valence-electron chi connectivity index (χ2n) is 5.15. The number of aliphatic carboxylic acids is 1. The number of fused-ring (bicyclic) bond motifs is 1. The quantitative estimate of drug-likeness (QED) is 0.798. The zero-order chi connectivity index (χ0) is 14.8. The van der Waals surface area contributed by atoms with Gasteiger partial charge in [-0.1, -0.05) is 30.3 Å². The predicted octanol–water partition coefficient (Wildman–Crippen LogP) is 3.18. The summed E-state index contributed by atoms with van der Waals surface area (Å²) in [5, 5.41) is 10.3. The van der Waals surface area contributed by atoms with Crippen molar-refractivity contribution in [1.29, 1.82) is 0 Å². The number of carboxylic acid groups (broad SMARTS) is 1. The van der Waals surface area contributed by atoms with Gasteiger partial charge < -0.3 is 9.67 Å². The highest BCUT2D eigenvalue weighted by Gasteiger charge is 2.21. The Labute approximate surface area is 122 Å². The van der Waals surface area contributed by atoms with E-state index in [1.54, 1.807) is 6.20 Å². The van der Waals surface area contributed by atoms with Gasteiger partial charge in [0.15, 0.2) is 0 Å². The van der Waals surface area contributed by atoms with Crippen LogP contribution in [0.2, 0.25) is 0 Å². The zero-order valence-electron chi connectivity index (χ0n) is 11.7. The molecule has 0 amide bonds. The van der Waals surface area contributed by atoms with E-state index in [0.717, 1.165) is 22.0 Å². The van der Waals surface area contributed by atoms with Crippen molar-refractivity contribution in [1.82, 2.24) is 9.55 Å². The average molecular weight is 280 g/mol. The lowest BCUT2D eigenvalue weighted by Crippen LogP contribution is -2.07. The summed E-state index contributed by atoms with van der Waals surface area (Å²) in [5.74, 6) is -0.971. The summed E-state index contributed by atoms with van der Waals surface area (Å²) in [4.78, 5) is 15.5. The SMILES string of the molecule is Cn1cc(C(CC(=O)O)c2ccccc2)c2cnccc21. The number of carboxylic acids is 1. The van der Waals surface area contributed by atoms with E-state index in [2.05, 4.69) is 4.98 Å². The van der Waals surface area contributed by atoms with Crippen LogP contribution in [0.3, 0.4) is 0 Å². The van der Waals surface area contributed by atoms with Crippen LogP contribution >= 0.6 is 0 Å². The van der Waals surface area contributed by atoms with E-state index in [4.69, 9.17) is 0 Å². The van der Waals surface area contributed by atoms with Gasteiger partial charge in [-0.2, -0.15) is 0 Å². The largest absolute Gasteiger partial charge is 0.481 e. The highest BCUT2D eigenvalue weighted by atomic mass is 16.4. The van der Waals surface area contributed by atoms with Gasteiger partial charge >= 0.3 is 5.97 Å². The van der Waals surface area contributed by atoms with Crippen molar-refractivity contribution < 1.29 is 9.90 Å². The van der Waals surface area contributed by atoms with Gasteiger partial charge in [0.25, 0.3) is 0 Å². The molecule has 1 atom stereocenters. The summed E-state index contributed by atoms with van der Waals surface area (Å²) in [6.45, 7) is 0. The van der Waals surface area contributed by atoms with E-state index >= 15 is 0 Å². The maximum atomic E-state index is 11.3. The summed E-state index contributed by atoms with van der Waals surface area (Å²) >= 11 is 0. The minimum absolute atomic E-state index is 0.0675. The van der Waals surface area contributed by atoms with Crippen LogP contribution in [0.1, 0.15) is 23.5 Å². The van der Waals surface area contributed by atoms with Crippen LogP contribution in [-0.2, 0) is 11.8 Å². The molecule has 21 heavy (non-hydrogen) atoms. The summed E-state index contributed by atoms with van der Waals surface area (Å²) in [7, 11) is 1.97. The molecule has 0 bridgehead atoms. The van der Waals surface area contributed by atoms with E-state index in [1.807, 2.05) is 60.4 Å². The van der Waals surface area contributed by atoms with Crippen molar-refractivity contribution in [2.75, 3.05) is 0 Å². The molecule has 3 aromatic rings. The Morgan fingerprint density at radius 1 is 1.29 bits per heavy atom. The number of pyridine rings is 1. The van der Waals surface area contributed by atoms with Gasteiger partial charge in [0.05, 0.1) is 11.9 Å². The van der Waals surface area contributed by atoms with Crippen LogP contribution in [0.5, 0.6) is 0 Å². The lowest BCUT2D eigenvalue weighted by atomic mass is 9.89. The Morgan fingerprint density at radius 3 is 2.76 bits per heavy atom. The van der Waals surface area contributed by atoms with Crippen molar-refractivity contribution in [2.24, 2.45) is 7.05 Å². The highest BCUT2D eigenvalue weighted by Crippen LogP contribution is 2.33. The fourth-order valence-electron chi connectivity index (χ4n) is 2.81. The van der Waals surface area contributed by atoms with E-state index in [9.17, 15) is 9.90 Å². The molecular weight excluding hydrogens is 264 g/mol. The van der Waals surface area contributed by atoms with Crippen molar-refractivity contribution >= 4 is 16.9 Å². The molecule has 2 aromatic heterocycles. The van der Waals surface area contributed by atoms with Crippen LogP contribution in [0.15, 0.2) is 55.0 Å². The molecule has 1 unspecified atom stereocenters. The third kappa shape index (κ3) is 2.52. The molecule has 0 radical (unpaired) electrons. The van der Waals surface area contributed by atoms with Gasteiger partial charge in [0, 0.05) is 36.9 Å². The first-order chi connectivity index (χ1) is 10.2. The molecule has 0 fully saturated rings. The second-order valence-corrected chi connectivity index (χ2v) is 5.15. The monoisotopic (exact) mass is 280 g/mol. The molecular formula is C17H16N2O2. The van der Waals surface area contributed by atoms with Crippen LogP contribution in [-0.4, -0.2) is 20.6 Å². The molecule has 4 nitrogen and oxygen atoms in total.